The van der Waals surface area contributed by atoms with Gasteiger partial charge in [0.05, 0.1) is 12.0 Å². The van der Waals surface area contributed by atoms with Crippen LogP contribution in [0.25, 0.3) is 6.08 Å². The van der Waals surface area contributed by atoms with Crippen LogP contribution >= 0.6 is 27.7 Å². The number of benzene rings is 1. The number of hydrogen-bond donors (Lipinski definition) is 0. The van der Waals surface area contributed by atoms with Crippen molar-refractivity contribution in [3.05, 3.63) is 27.1 Å². The van der Waals surface area contributed by atoms with Crippen molar-refractivity contribution >= 4 is 50.8 Å². The van der Waals surface area contributed by atoms with Gasteiger partial charge in [0, 0.05) is 17.6 Å². The molecule has 3 amide bonds. The highest BCUT2D eigenvalue weighted by molar-refractivity contribution is 9.10. The van der Waals surface area contributed by atoms with Gasteiger partial charge in [-0.3, -0.25) is 19.3 Å². The fourth-order valence-corrected chi connectivity index (χ4v) is 4.48. The fourth-order valence-electron chi connectivity index (χ4n) is 3.21. The van der Waals surface area contributed by atoms with Crippen LogP contribution in [0.5, 0.6) is 11.5 Å². The largest absolute Gasteiger partial charge is 0.493 e. The quantitative estimate of drug-likeness (QED) is 0.446. The first kappa shape index (κ1) is 22.2. The summed E-state index contributed by atoms with van der Waals surface area (Å²) >= 11 is 4.25. The highest BCUT2D eigenvalue weighted by Gasteiger charge is 2.37. The molecule has 30 heavy (non-hydrogen) atoms. The molecule has 2 aliphatic rings. The van der Waals surface area contributed by atoms with E-state index < -0.39 is 11.1 Å². The maximum atomic E-state index is 12.8. The highest BCUT2D eigenvalue weighted by Crippen LogP contribution is 2.38. The van der Waals surface area contributed by atoms with Crippen molar-refractivity contribution in [2.75, 3.05) is 33.4 Å². The van der Waals surface area contributed by atoms with Crippen molar-refractivity contribution in [3.63, 3.8) is 0 Å². The highest BCUT2D eigenvalue weighted by atomic mass is 79.9. The number of methoxy groups -OCH3 is 1. The van der Waals surface area contributed by atoms with Gasteiger partial charge < -0.3 is 14.4 Å². The number of carbonyl (C=O) groups is 3. The van der Waals surface area contributed by atoms with Crippen LogP contribution in [0.15, 0.2) is 21.5 Å². The van der Waals surface area contributed by atoms with Crippen molar-refractivity contribution in [1.29, 1.82) is 0 Å². The van der Waals surface area contributed by atoms with Crippen molar-refractivity contribution in [1.82, 2.24) is 9.80 Å². The van der Waals surface area contributed by atoms with Crippen LogP contribution < -0.4 is 9.47 Å². The van der Waals surface area contributed by atoms with E-state index in [1.807, 2.05) is 0 Å². The molecule has 1 aromatic rings. The first-order chi connectivity index (χ1) is 14.4. The Labute approximate surface area is 187 Å². The Hall–Kier alpha value is -2.44. The Morgan fingerprint density at radius 1 is 1.27 bits per heavy atom. The molecule has 0 saturated carbocycles. The fraction of sp³-hybridized carbons (Fsp3) is 0.381. The Kier molecular flexibility index (Phi) is 7.45. The minimum absolute atomic E-state index is 0.0894. The Morgan fingerprint density at radius 3 is 2.67 bits per heavy atom. The summed E-state index contributed by atoms with van der Waals surface area (Å²) in [6.07, 6.45) is 9.81. The second-order valence-corrected chi connectivity index (χ2v) is 8.57. The molecule has 0 radical (unpaired) electrons. The number of hydrogen-bond acceptors (Lipinski definition) is 6. The molecule has 0 N–H and O–H groups in total. The second kappa shape index (κ2) is 10.0. The number of amides is 3. The number of ether oxygens (including phenoxy) is 2. The Bertz CT molecular complexity index is 934. The van der Waals surface area contributed by atoms with Crippen molar-refractivity contribution in [2.45, 2.75) is 19.3 Å². The Balaban J connectivity index is 1.78. The number of halogens is 1. The lowest BCUT2D eigenvalue weighted by atomic mass is 10.1. The van der Waals surface area contributed by atoms with Crippen molar-refractivity contribution in [3.8, 4) is 23.8 Å². The number of terminal acetylenes is 1. The number of piperidine rings is 1. The van der Waals surface area contributed by atoms with E-state index in [9.17, 15) is 14.4 Å². The van der Waals surface area contributed by atoms with Crippen LogP contribution in [0.2, 0.25) is 0 Å². The molecular weight excluding hydrogens is 472 g/mol. The predicted octanol–water partition coefficient (Wildman–Crippen LogP) is 3.52. The van der Waals surface area contributed by atoms with Crippen molar-refractivity contribution in [2.24, 2.45) is 0 Å². The van der Waals surface area contributed by atoms with E-state index in [1.54, 1.807) is 23.1 Å². The topological polar surface area (TPSA) is 76.2 Å². The molecule has 0 spiro atoms. The van der Waals surface area contributed by atoms with Crippen LogP contribution in [0.3, 0.4) is 0 Å². The SMILES string of the molecule is C#CCOc1cc(Br)c(C=C2SC(=O)N(CC(=O)N3CCCCC3)C2=O)cc1OC. The lowest BCUT2D eigenvalue weighted by molar-refractivity contribution is -0.136. The van der Waals surface area contributed by atoms with Crippen LogP contribution in [-0.4, -0.2) is 60.2 Å². The number of likely N-dealkylation sites (tertiary alicyclic amines) is 1. The molecule has 2 saturated heterocycles. The smallest absolute Gasteiger partial charge is 0.294 e. The van der Waals surface area contributed by atoms with Crippen LogP contribution in [0.1, 0.15) is 24.8 Å². The summed E-state index contributed by atoms with van der Waals surface area (Å²) in [5, 5.41) is -0.450. The zero-order chi connectivity index (χ0) is 21.7. The van der Waals surface area contributed by atoms with Gasteiger partial charge in [-0.25, -0.2) is 0 Å². The number of thioether (sulfide) groups is 1. The third-order valence-corrected chi connectivity index (χ3v) is 6.35. The molecule has 7 nitrogen and oxygen atoms in total. The van der Waals surface area contributed by atoms with Crippen LogP contribution in [0.4, 0.5) is 4.79 Å². The van der Waals surface area contributed by atoms with Gasteiger partial charge in [0.25, 0.3) is 11.1 Å². The average molecular weight is 493 g/mol. The van der Waals surface area contributed by atoms with E-state index in [0.29, 0.717) is 34.6 Å². The molecular formula is C21H21BrN2O5S. The molecule has 0 aliphatic carbocycles. The van der Waals surface area contributed by atoms with Gasteiger partial charge in [0.1, 0.15) is 13.2 Å². The van der Waals surface area contributed by atoms with Gasteiger partial charge in [-0.05, 0) is 54.8 Å². The first-order valence-corrected chi connectivity index (χ1v) is 11.0. The van der Waals surface area contributed by atoms with Gasteiger partial charge in [-0.15, -0.1) is 6.42 Å². The number of imide groups is 1. The van der Waals surface area contributed by atoms with E-state index >= 15 is 0 Å². The molecule has 1 aromatic carbocycles. The van der Waals surface area contributed by atoms with E-state index in [-0.39, 0.29) is 24.0 Å². The molecule has 0 aromatic heterocycles. The summed E-state index contributed by atoms with van der Waals surface area (Å²) in [6.45, 7) is 1.20. The second-order valence-electron chi connectivity index (χ2n) is 6.73. The zero-order valence-electron chi connectivity index (χ0n) is 16.5. The maximum Gasteiger partial charge on any atom is 0.294 e. The lowest BCUT2D eigenvalue weighted by Crippen LogP contribution is -2.44. The molecule has 0 bridgehead atoms. The molecule has 0 atom stereocenters. The molecule has 3 rings (SSSR count). The third kappa shape index (κ3) is 4.99. The van der Waals surface area contributed by atoms with Gasteiger partial charge >= 0.3 is 0 Å². The van der Waals surface area contributed by atoms with Crippen LogP contribution in [-0.2, 0) is 9.59 Å². The third-order valence-electron chi connectivity index (χ3n) is 4.76. The summed E-state index contributed by atoms with van der Waals surface area (Å²) < 4.78 is 11.4. The monoisotopic (exact) mass is 492 g/mol. The van der Waals surface area contributed by atoms with E-state index in [0.717, 1.165) is 35.9 Å². The van der Waals surface area contributed by atoms with E-state index in [4.69, 9.17) is 15.9 Å². The minimum Gasteiger partial charge on any atom is -0.493 e. The van der Waals surface area contributed by atoms with E-state index in [1.165, 1.54) is 7.11 Å². The van der Waals surface area contributed by atoms with Gasteiger partial charge in [-0.1, -0.05) is 21.9 Å². The summed E-state index contributed by atoms with van der Waals surface area (Å²) in [5.74, 6) is 2.61. The van der Waals surface area contributed by atoms with Crippen LogP contribution in [0, 0.1) is 12.3 Å². The average Bonchev–Trinajstić information content (AvgIpc) is 3.01. The molecule has 2 heterocycles. The molecule has 158 valence electrons. The predicted molar refractivity (Wildman–Crippen MR) is 118 cm³/mol. The number of carbonyl (C=O) groups excluding carboxylic acids is 3. The lowest BCUT2D eigenvalue weighted by Gasteiger charge is -2.27. The molecule has 2 aliphatic heterocycles. The maximum absolute atomic E-state index is 12.8. The molecule has 9 heteroatoms. The first-order valence-electron chi connectivity index (χ1n) is 9.41. The normalized spacial score (nSPS) is 18.0. The molecule has 0 unspecified atom stereocenters. The summed E-state index contributed by atoms with van der Waals surface area (Å²) in [7, 11) is 1.50. The summed E-state index contributed by atoms with van der Waals surface area (Å²) in [5.41, 5.74) is 0.632. The van der Waals surface area contributed by atoms with Gasteiger partial charge in [0.15, 0.2) is 11.5 Å². The van der Waals surface area contributed by atoms with Gasteiger partial charge in [-0.2, -0.15) is 0 Å². The van der Waals surface area contributed by atoms with Crippen molar-refractivity contribution < 1.29 is 23.9 Å². The standard InChI is InChI=1S/C21H21BrN2O5S/c1-3-9-29-17-12-15(22)14(10-16(17)28-2)11-18-20(26)24(21(27)30-18)13-19(25)23-7-5-4-6-8-23/h1,10-12H,4-9,13H2,2H3. The summed E-state index contributed by atoms with van der Waals surface area (Å²) in [6, 6.07) is 3.37. The Morgan fingerprint density at radius 2 is 2.00 bits per heavy atom. The zero-order valence-corrected chi connectivity index (χ0v) is 18.9. The van der Waals surface area contributed by atoms with E-state index in [2.05, 4.69) is 21.9 Å². The number of nitrogens with zero attached hydrogens (tertiary/aromatic N) is 2. The molecule has 2 fully saturated rings. The minimum atomic E-state index is -0.478. The summed E-state index contributed by atoms with van der Waals surface area (Å²) in [4.78, 5) is 40.6. The number of rotatable bonds is 6. The van der Waals surface area contributed by atoms with Gasteiger partial charge in [0.2, 0.25) is 5.91 Å².